The maximum Gasteiger partial charge on any atom is 0.270 e. The minimum Gasteiger partial charge on any atom is -0.370 e. The molecule has 0 saturated carbocycles. The first kappa shape index (κ1) is 13.5. The predicted molar refractivity (Wildman–Crippen MR) is 76.3 cm³/mol. The zero-order valence-electron chi connectivity index (χ0n) is 10.7. The van der Waals surface area contributed by atoms with Crippen molar-refractivity contribution in [2.75, 3.05) is 11.9 Å². The van der Waals surface area contributed by atoms with Gasteiger partial charge in [0.05, 0.1) is 6.54 Å². The molecular formula is C13H16N4OS. The van der Waals surface area contributed by atoms with Crippen LogP contribution in [0.4, 0.5) is 5.82 Å². The molecule has 0 fully saturated rings. The standard InChI is InChI=1S/C13H16N4OS/c1-2-6-14-11-5-3-4-10(17-11)13(18)16-9-12-15-7-8-19-12/h3-5,7-8H,2,6,9H2,1H3,(H,14,17)(H,16,18). The summed E-state index contributed by atoms with van der Waals surface area (Å²) in [6, 6.07) is 5.38. The second-order valence-electron chi connectivity index (χ2n) is 3.94. The third kappa shape index (κ3) is 4.03. The maximum atomic E-state index is 11.9. The van der Waals surface area contributed by atoms with Crippen LogP contribution in [0, 0.1) is 0 Å². The van der Waals surface area contributed by atoms with Gasteiger partial charge in [0.1, 0.15) is 16.5 Å². The van der Waals surface area contributed by atoms with Crippen molar-refractivity contribution >= 4 is 23.1 Å². The number of rotatable bonds is 6. The van der Waals surface area contributed by atoms with Crippen LogP contribution in [0.25, 0.3) is 0 Å². The fourth-order valence-corrected chi connectivity index (χ4v) is 2.06. The van der Waals surface area contributed by atoms with E-state index in [0.29, 0.717) is 12.2 Å². The van der Waals surface area contributed by atoms with Crippen molar-refractivity contribution < 1.29 is 4.79 Å². The van der Waals surface area contributed by atoms with Gasteiger partial charge in [0.2, 0.25) is 0 Å². The number of hydrogen-bond donors (Lipinski definition) is 2. The van der Waals surface area contributed by atoms with Crippen LogP contribution in [0.15, 0.2) is 29.8 Å². The molecule has 0 aromatic carbocycles. The van der Waals surface area contributed by atoms with Gasteiger partial charge in [0.15, 0.2) is 0 Å². The van der Waals surface area contributed by atoms with E-state index in [-0.39, 0.29) is 5.91 Å². The number of aromatic nitrogens is 2. The van der Waals surface area contributed by atoms with E-state index in [4.69, 9.17) is 0 Å². The Kier molecular flexibility index (Phi) is 4.85. The summed E-state index contributed by atoms with van der Waals surface area (Å²) in [7, 11) is 0. The average molecular weight is 276 g/mol. The predicted octanol–water partition coefficient (Wildman–Crippen LogP) is 2.29. The monoisotopic (exact) mass is 276 g/mol. The summed E-state index contributed by atoms with van der Waals surface area (Å²) in [6.45, 7) is 3.36. The van der Waals surface area contributed by atoms with Crippen LogP contribution in [-0.2, 0) is 6.54 Å². The normalized spacial score (nSPS) is 10.2. The molecule has 0 spiro atoms. The molecule has 2 heterocycles. The van der Waals surface area contributed by atoms with Crippen molar-refractivity contribution in [2.24, 2.45) is 0 Å². The molecule has 0 aliphatic rings. The molecule has 0 unspecified atom stereocenters. The Labute approximate surface area is 116 Å². The minimum absolute atomic E-state index is 0.185. The number of nitrogens with zero attached hydrogens (tertiary/aromatic N) is 2. The Bertz CT molecular complexity index is 527. The second kappa shape index (κ2) is 6.84. The van der Waals surface area contributed by atoms with Crippen molar-refractivity contribution in [3.63, 3.8) is 0 Å². The Balaban J connectivity index is 1.94. The molecule has 5 nitrogen and oxygen atoms in total. The molecule has 0 aliphatic heterocycles. The van der Waals surface area contributed by atoms with E-state index in [2.05, 4.69) is 27.5 Å². The molecule has 0 aliphatic carbocycles. The average Bonchev–Trinajstić information content (AvgIpc) is 2.96. The summed E-state index contributed by atoms with van der Waals surface area (Å²) < 4.78 is 0. The third-order valence-electron chi connectivity index (χ3n) is 2.42. The van der Waals surface area contributed by atoms with Gasteiger partial charge in [-0.1, -0.05) is 13.0 Å². The molecule has 2 rings (SSSR count). The van der Waals surface area contributed by atoms with E-state index in [1.807, 2.05) is 17.5 Å². The summed E-state index contributed by atoms with van der Waals surface area (Å²) in [4.78, 5) is 20.3. The quantitative estimate of drug-likeness (QED) is 0.849. The van der Waals surface area contributed by atoms with E-state index in [9.17, 15) is 4.79 Å². The molecule has 2 aromatic heterocycles. The fourth-order valence-electron chi connectivity index (χ4n) is 1.50. The van der Waals surface area contributed by atoms with Crippen molar-refractivity contribution in [1.29, 1.82) is 0 Å². The fraction of sp³-hybridized carbons (Fsp3) is 0.308. The smallest absolute Gasteiger partial charge is 0.270 e. The highest BCUT2D eigenvalue weighted by Gasteiger charge is 2.08. The van der Waals surface area contributed by atoms with Crippen molar-refractivity contribution in [1.82, 2.24) is 15.3 Å². The highest BCUT2D eigenvalue weighted by Crippen LogP contribution is 2.06. The topological polar surface area (TPSA) is 66.9 Å². The number of carbonyl (C=O) groups excluding carboxylic acids is 1. The largest absolute Gasteiger partial charge is 0.370 e. The number of thiazole rings is 1. The Morgan fingerprint density at radius 2 is 2.32 bits per heavy atom. The maximum absolute atomic E-state index is 11.9. The van der Waals surface area contributed by atoms with E-state index in [1.54, 1.807) is 12.3 Å². The van der Waals surface area contributed by atoms with Crippen LogP contribution < -0.4 is 10.6 Å². The number of hydrogen-bond acceptors (Lipinski definition) is 5. The van der Waals surface area contributed by atoms with Gasteiger partial charge in [0, 0.05) is 18.1 Å². The lowest BCUT2D eigenvalue weighted by molar-refractivity contribution is 0.0946. The summed E-state index contributed by atoms with van der Waals surface area (Å²) in [5.41, 5.74) is 0.414. The molecule has 6 heteroatoms. The lowest BCUT2D eigenvalue weighted by Crippen LogP contribution is -2.24. The summed E-state index contributed by atoms with van der Waals surface area (Å²) in [5, 5.41) is 8.73. The molecule has 2 N–H and O–H groups in total. The zero-order valence-corrected chi connectivity index (χ0v) is 11.5. The van der Waals surface area contributed by atoms with Crippen LogP contribution in [0.1, 0.15) is 28.8 Å². The zero-order chi connectivity index (χ0) is 13.5. The summed E-state index contributed by atoms with van der Waals surface area (Å²) >= 11 is 1.52. The van der Waals surface area contributed by atoms with Gasteiger partial charge >= 0.3 is 0 Å². The van der Waals surface area contributed by atoms with Crippen LogP contribution in [-0.4, -0.2) is 22.4 Å². The lowest BCUT2D eigenvalue weighted by atomic mass is 10.3. The summed E-state index contributed by atoms with van der Waals surface area (Å²) in [6.07, 6.45) is 2.74. The summed E-state index contributed by atoms with van der Waals surface area (Å²) in [5.74, 6) is 0.541. The van der Waals surface area contributed by atoms with Gasteiger partial charge in [-0.3, -0.25) is 4.79 Å². The van der Waals surface area contributed by atoms with Crippen molar-refractivity contribution in [2.45, 2.75) is 19.9 Å². The van der Waals surface area contributed by atoms with Gasteiger partial charge < -0.3 is 10.6 Å². The van der Waals surface area contributed by atoms with Gasteiger partial charge in [-0.05, 0) is 18.6 Å². The number of pyridine rings is 1. The van der Waals surface area contributed by atoms with E-state index >= 15 is 0 Å². The highest BCUT2D eigenvalue weighted by atomic mass is 32.1. The van der Waals surface area contributed by atoms with Crippen LogP contribution >= 0.6 is 11.3 Å². The third-order valence-corrected chi connectivity index (χ3v) is 3.20. The Hall–Kier alpha value is -1.95. The first-order chi connectivity index (χ1) is 9.29. The Morgan fingerprint density at radius 3 is 3.05 bits per heavy atom. The van der Waals surface area contributed by atoms with Gasteiger partial charge in [-0.2, -0.15) is 0 Å². The van der Waals surface area contributed by atoms with Crippen LogP contribution in [0.2, 0.25) is 0 Å². The van der Waals surface area contributed by atoms with Gasteiger partial charge in [-0.15, -0.1) is 11.3 Å². The highest BCUT2D eigenvalue weighted by molar-refractivity contribution is 7.09. The molecule has 1 amide bonds. The molecule has 0 atom stereocenters. The minimum atomic E-state index is -0.185. The van der Waals surface area contributed by atoms with Crippen LogP contribution in [0.3, 0.4) is 0 Å². The number of anilines is 1. The molecule has 0 saturated heterocycles. The molecule has 2 aromatic rings. The molecule has 0 bridgehead atoms. The van der Waals surface area contributed by atoms with E-state index in [0.717, 1.165) is 23.8 Å². The molecular weight excluding hydrogens is 260 g/mol. The molecule has 100 valence electrons. The SMILES string of the molecule is CCCNc1cccc(C(=O)NCc2nccs2)n1. The first-order valence-corrected chi connectivity index (χ1v) is 7.05. The van der Waals surface area contributed by atoms with Crippen molar-refractivity contribution in [3.8, 4) is 0 Å². The number of amides is 1. The van der Waals surface area contributed by atoms with Crippen molar-refractivity contribution in [3.05, 3.63) is 40.5 Å². The number of carbonyl (C=O) groups is 1. The lowest BCUT2D eigenvalue weighted by Gasteiger charge is -2.06. The van der Waals surface area contributed by atoms with Crippen LogP contribution in [0.5, 0.6) is 0 Å². The van der Waals surface area contributed by atoms with Gasteiger partial charge in [0.25, 0.3) is 5.91 Å². The molecule has 19 heavy (non-hydrogen) atoms. The second-order valence-corrected chi connectivity index (χ2v) is 4.92. The number of nitrogens with one attached hydrogen (secondary N) is 2. The van der Waals surface area contributed by atoms with E-state index in [1.165, 1.54) is 11.3 Å². The van der Waals surface area contributed by atoms with Gasteiger partial charge in [-0.25, -0.2) is 9.97 Å². The van der Waals surface area contributed by atoms with E-state index < -0.39 is 0 Å². The first-order valence-electron chi connectivity index (χ1n) is 6.17. The molecule has 0 radical (unpaired) electrons. The Morgan fingerprint density at radius 1 is 1.42 bits per heavy atom.